The lowest BCUT2D eigenvalue weighted by Crippen LogP contribution is -2.43. The number of furan rings is 1. The predicted octanol–water partition coefficient (Wildman–Crippen LogP) is 2.62. The second-order valence-corrected chi connectivity index (χ2v) is 6.42. The van der Waals surface area contributed by atoms with Crippen LogP contribution in [0.5, 0.6) is 0 Å². The highest BCUT2D eigenvalue weighted by molar-refractivity contribution is 7.13. The first-order valence-corrected chi connectivity index (χ1v) is 8.66. The van der Waals surface area contributed by atoms with E-state index in [1.54, 1.807) is 0 Å². The second-order valence-electron chi connectivity index (χ2n) is 5.56. The first kappa shape index (κ1) is 16.2. The van der Waals surface area contributed by atoms with Gasteiger partial charge in [0.15, 0.2) is 5.13 Å². The molecular formula is C16H21N3O3S. The van der Waals surface area contributed by atoms with Crippen molar-refractivity contribution < 1.29 is 13.9 Å². The summed E-state index contributed by atoms with van der Waals surface area (Å²) in [4.78, 5) is 18.6. The Labute approximate surface area is 139 Å². The number of thiazole rings is 1. The largest absolute Gasteiger partial charge is 0.464 e. The standard InChI is InChI=1S/C16H21N3O3S/c1-3-12-4-5-14(22-12)13-9-21-7-6-19(13)8-15(20)18-16-17-11(2)10-23-16/h4-5,10,13H,3,6-9H2,1-2H3,(H,17,18,20)/t13-/m0/s1. The van der Waals surface area contributed by atoms with Gasteiger partial charge >= 0.3 is 0 Å². The minimum absolute atomic E-state index is 0.0205. The monoisotopic (exact) mass is 335 g/mol. The lowest BCUT2D eigenvalue weighted by Gasteiger charge is -2.33. The number of amides is 1. The molecule has 0 aromatic carbocycles. The normalized spacial score (nSPS) is 19.0. The number of nitrogens with zero attached hydrogens (tertiary/aromatic N) is 2. The number of carbonyl (C=O) groups excluding carboxylic acids is 1. The molecular weight excluding hydrogens is 314 g/mol. The average Bonchev–Trinajstić information content (AvgIpc) is 3.17. The zero-order valence-corrected chi connectivity index (χ0v) is 14.2. The molecule has 0 unspecified atom stereocenters. The Morgan fingerprint density at radius 2 is 2.39 bits per heavy atom. The van der Waals surface area contributed by atoms with Crippen molar-refractivity contribution in [2.24, 2.45) is 0 Å². The molecule has 0 spiro atoms. The smallest absolute Gasteiger partial charge is 0.240 e. The van der Waals surface area contributed by atoms with Gasteiger partial charge in [0, 0.05) is 18.3 Å². The van der Waals surface area contributed by atoms with Gasteiger partial charge in [0.2, 0.25) is 5.91 Å². The number of hydrogen-bond donors (Lipinski definition) is 1. The summed E-state index contributed by atoms with van der Waals surface area (Å²) in [6.07, 6.45) is 0.859. The fourth-order valence-electron chi connectivity index (χ4n) is 2.61. The number of ether oxygens (including phenoxy) is 1. The molecule has 0 saturated carbocycles. The number of carbonyl (C=O) groups is 1. The van der Waals surface area contributed by atoms with Gasteiger partial charge in [-0.2, -0.15) is 0 Å². The molecule has 3 heterocycles. The number of anilines is 1. The van der Waals surface area contributed by atoms with E-state index in [0.717, 1.165) is 23.6 Å². The molecule has 3 rings (SSSR count). The van der Waals surface area contributed by atoms with Gasteiger partial charge in [-0.25, -0.2) is 4.98 Å². The van der Waals surface area contributed by atoms with E-state index in [1.165, 1.54) is 11.3 Å². The summed E-state index contributed by atoms with van der Waals surface area (Å²) in [5.74, 6) is 1.75. The average molecular weight is 335 g/mol. The van der Waals surface area contributed by atoms with Crippen LogP contribution in [0, 0.1) is 6.92 Å². The first-order chi connectivity index (χ1) is 11.2. The van der Waals surface area contributed by atoms with Crippen molar-refractivity contribution in [1.82, 2.24) is 9.88 Å². The van der Waals surface area contributed by atoms with Crippen LogP contribution in [0.25, 0.3) is 0 Å². The molecule has 1 amide bonds. The highest BCUT2D eigenvalue weighted by Gasteiger charge is 2.28. The summed E-state index contributed by atoms with van der Waals surface area (Å²) < 4.78 is 11.4. The van der Waals surface area contributed by atoms with Crippen LogP contribution in [-0.4, -0.2) is 42.1 Å². The Bertz CT molecular complexity index is 667. The van der Waals surface area contributed by atoms with Crippen LogP contribution < -0.4 is 5.32 Å². The molecule has 0 radical (unpaired) electrons. The Morgan fingerprint density at radius 3 is 3.09 bits per heavy atom. The van der Waals surface area contributed by atoms with Gasteiger partial charge in [0.1, 0.15) is 11.5 Å². The van der Waals surface area contributed by atoms with Gasteiger partial charge < -0.3 is 14.5 Å². The van der Waals surface area contributed by atoms with Crippen molar-refractivity contribution in [3.8, 4) is 0 Å². The molecule has 0 aliphatic carbocycles. The van der Waals surface area contributed by atoms with Crippen molar-refractivity contribution >= 4 is 22.4 Å². The summed E-state index contributed by atoms with van der Waals surface area (Å²) in [7, 11) is 0. The third-order valence-electron chi connectivity index (χ3n) is 3.81. The summed E-state index contributed by atoms with van der Waals surface area (Å²) in [6, 6.07) is 3.95. The fraction of sp³-hybridized carbons (Fsp3) is 0.500. The van der Waals surface area contributed by atoms with Crippen molar-refractivity contribution in [3.63, 3.8) is 0 Å². The van der Waals surface area contributed by atoms with Gasteiger partial charge in [0.25, 0.3) is 0 Å². The van der Waals surface area contributed by atoms with E-state index in [2.05, 4.69) is 22.1 Å². The van der Waals surface area contributed by atoms with E-state index >= 15 is 0 Å². The molecule has 1 fully saturated rings. The quantitative estimate of drug-likeness (QED) is 0.910. The molecule has 23 heavy (non-hydrogen) atoms. The zero-order chi connectivity index (χ0) is 16.2. The lowest BCUT2D eigenvalue weighted by molar-refractivity contribution is -0.120. The SMILES string of the molecule is CCc1ccc([C@@H]2COCCN2CC(=O)Nc2nc(C)cs2)o1. The van der Waals surface area contributed by atoms with Gasteiger partial charge in [-0.15, -0.1) is 11.3 Å². The third kappa shape index (κ3) is 3.99. The van der Waals surface area contributed by atoms with Gasteiger partial charge in [-0.1, -0.05) is 6.92 Å². The minimum atomic E-state index is -0.0616. The van der Waals surface area contributed by atoms with E-state index in [4.69, 9.17) is 9.15 Å². The Morgan fingerprint density at radius 1 is 1.52 bits per heavy atom. The topological polar surface area (TPSA) is 67.6 Å². The van der Waals surface area contributed by atoms with Crippen molar-refractivity contribution in [1.29, 1.82) is 0 Å². The Hall–Kier alpha value is -1.70. The van der Waals surface area contributed by atoms with Crippen LogP contribution in [0.3, 0.4) is 0 Å². The highest BCUT2D eigenvalue weighted by atomic mass is 32.1. The van der Waals surface area contributed by atoms with Crippen molar-refractivity contribution in [2.75, 3.05) is 31.6 Å². The van der Waals surface area contributed by atoms with Crippen LogP contribution in [0.2, 0.25) is 0 Å². The Kier molecular flexibility index (Phi) is 5.09. The second kappa shape index (κ2) is 7.25. The summed E-state index contributed by atoms with van der Waals surface area (Å²) >= 11 is 1.44. The van der Waals surface area contributed by atoms with Gasteiger partial charge in [-0.3, -0.25) is 9.69 Å². The number of rotatable bonds is 5. The van der Waals surface area contributed by atoms with E-state index in [0.29, 0.717) is 31.4 Å². The highest BCUT2D eigenvalue weighted by Crippen LogP contribution is 2.26. The van der Waals surface area contributed by atoms with Crippen LogP contribution >= 0.6 is 11.3 Å². The van der Waals surface area contributed by atoms with Crippen LogP contribution in [0.15, 0.2) is 21.9 Å². The van der Waals surface area contributed by atoms with Crippen LogP contribution in [0.1, 0.15) is 30.2 Å². The molecule has 7 heteroatoms. The maximum atomic E-state index is 12.3. The van der Waals surface area contributed by atoms with E-state index in [-0.39, 0.29) is 11.9 Å². The molecule has 124 valence electrons. The van der Waals surface area contributed by atoms with Gasteiger partial charge in [-0.05, 0) is 19.1 Å². The van der Waals surface area contributed by atoms with E-state index in [9.17, 15) is 4.79 Å². The molecule has 1 aliphatic rings. The fourth-order valence-corrected chi connectivity index (χ4v) is 3.31. The number of aryl methyl sites for hydroxylation is 2. The molecule has 6 nitrogen and oxygen atoms in total. The summed E-state index contributed by atoms with van der Waals surface area (Å²) in [5.41, 5.74) is 0.914. The lowest BCUT2D eigenvalue weighted by atomic mass is 10.1. The zero-order valence-electron chi connectivity index (χ0n) is 13.4. The predicted molar refractivity (Wildman–Crippen MR) is 88.7 cm³/mol. The number of aromatic nitrogens is 1. The molecule has 0 bridgehead atoms. The maximum absolute atomic E-state index is 12.3. The Balaban J connectivity index is 1.65. The summed E-state index contributed by atoms with van der Waals surface area (Å²) in [5, 5.41) is 5.41. The maximum Gasteiger partial charge on any atom is 0.240 e. The molecule has 1 aliphatic heterocycles. The van der Waals surface area contributed by atoms with Crippen molar-refractivity contribution in [2.45, 2.75) is 26.3 Å². The summed E-state index contributed by atoms with van der Waals surface area (Å²) in [6.45, 7) is 6.14. The van der Waals surface area contributed by atoms with Crippen LogP contribution in [-0.2, 0) is 16.0 Å². The van der Waals surface area contributed by atoms with E-state index in [1.807, 2.05) is 24.4 Å². The number of nitrogens with one attached hydrogen (secondary N) is 1. The van der Waals surface area contributed by atoms with Crippen molar-refractivity contribution in [3.05, 3.63) is 34.7 Å². The molecule has 2 aromatic rings. The first-order valence-electron chi connectivity index (χ1n) is 7.78. The van der Waals surface area contributed by atoms with Crippen LogP contribution in [0.4, 0.5) is 5.13 Å². The van der Waals surface area contributed by atoms with E-state index < -0.39 is 0 Å². The molecule has 1 saturated heterocycles. The molecule has 1 atom stereocenters. The number of morpholine rings is 1. The molecule has 1 N–H and O–H groups in total. The molecule has 2 aromatic heterocycles. The third-order valence-corrected chi connectivity index (χ3v) is 4.69. The van der Waals surface area contributed by atoms with Gasteiger partial charge in [0.05, 0.1) is 31.5 Å². The number of hydrogen-bond acceptors (Lipinski definition) is 6. The minimum Gasteiger partial charge on any atom is -0.464 e.